The van der Waals surface area contributed by atoms with Crippen LogP contribution in [0.25, 0.3) is 0 Å². The van der Waals surface area contributed by atoms with Crippen LogP contribution in [0.3, 0.4) is 0 Å². The zero-order valence-corrected chi connectivity index (χ0v) is 12.2. The molecule has 0 heterocycles. The van der Waals surface area contributed by atoms with Crippen molar-refractivity contribution in [2.75, 3.05) is 0 Å². The van der Waals surface area contributed by atoms with Gasteiger partial charge in [0.15, 0.2) is 17.4 Å². The van der Waals surface area contributed by atoms with Gasteiger partial charge in [-0.2, -0.15) is 0 Å². The minimum atomic E-state index is -1.12. The van der Waals surface area contributed by atoms with Gasteiger partial charge in [-0.1, -0.05) is 17.7 Å². The van der Waals surface area contributed by atoms with E-state index in [9.17, 15) is 18.0 Å². The summed E-state index contributed by atoms with van der Waals surface area (Å²) in [6.45, 7) is 0. The van der Waals surface area contributed by atoms with E-state index in [1.54, 1.807) is 0 Å². The number of Topliss-reactive ketones (excluding diaryl/α,β-unsaturated/α-hetero) is 1. The number of rotatable bonds is 3. The van der Waals surface area contributed by atoms with Crippen LogP contribution < -0.4 is 0 Å². The van der Waals surface area contributed by atoms with E-state index in [-0.39, 0.29) is 21.5 Å². The Balaban J connectivity index is 2.31. The molecule has 0 fully saturated rings. The van der Waals surface area contributed by atoms with Crippen LogP contribution in [0.15, 0.2) is 34.8 Å². The van der Waals surface area contributed by atoms with Gasteiger partial charge in [0.05, 0.1) is 4.47 Å². The highest BCUT2D eigenvalue weighted by molar-refractivity contribution is 9.10. The fourth-order valence-electron chi connectivity index (χ4n) is 1.67. The summed E-state index contributed by atoms with van der Waals surface area (Å²) in [5, 5.41) is 0.108. The molecule has 1 nitrogen and oxygen atoms in total. The van der Waals surface area contributed by atoms with Crippen molar-refractivity contribution in [1.29, 1.82) is 0 Å². The lowest BCUT2D eigenvalue weighted by molar-refractivity contribution is 0.0991. The first-order valence-corrected chi connectivity index (χ1v) is 6.68. The summed E-state index contributed by atoms with van der Waals surface area (Å²) in [6.07, 6.45) is -0.136. The van der Waals surface area contributed by atoms with Gasteiger partial charge in [0.1, 0.15) is 5.82 Å². The first-order valence-electron chi connectivity index (χ1n) is 5.50. The smallest absolute Gasteiger partial charge is 0.173 e. The molecule has 2 aromatic rings. The quantitative estimate of drug-likeness (QED) is 0.557. The molecule has 0 aliphatic carbocycles. The summed E-state index contributed by atoms with van der Waals surface area (Å²) in [6, 6.07) is 5.70. The van der Waals surface area contributed by atoms with Crippen LogP contribution >= 0.6 is 27.5 Å². The Morgan fingerprint density at radius 3 is 2.50 bits per heavy atom. The molecular weight excluding hydrogens is 357 g/mol. The average molecular weight is 364 g/mol. The number of ketones is 1. The van der Waals surface area contributed by atoms with E-state index in [4.69, 9.17) is 11.6 Å². The summed E-state index contributed by atoms with van der Waals surface area (Å²) in [4.78, 5) is 12.1. The maximum Gasteiger partial charge on any atom is 0.173 e. The van der Waals surface area contributed by atoms with Crippen molar-refractivity contribution < 1.29 is 18.0 Å². The van der Waals surface area contributed by atoms with Crippen LogP contribution in [0.4, 0.5) is 13.2 Å². The maximum absolute atomic E-state index is 13.4. The molecule has 20 heavy (non-hydrogen) atoms. The number of benzene rings is 2. The molecule has 0 N–H and O–H groups in total. The van der Waals surface area contributed by atoms with Crippen LogP contribution in [0, 0.1) is 17.5 Å². The number of hydrogen-bond acceptors (Lipinski definition) is 1. The highest BCUT2D eigenvalue weighted by atomic mass is 79.9. The van der Waals surface area contributed by atoms with E-state index in [0.29, 0.717) is 5.56 Å². The second kappa shape index (κ2) is 5.97. The van der Waals surface area contributed by atoms with Gasteiger partial charge >= 0.3 is 0 Å². The van der Waals surface area contributed by atoms with E-state index in [2.05, 4.69) is 15.9 Å². The summed E-state index contributed by atoms with van der Waals surface area (Å²) in [7, 11) is 0. The summed E-state index contributed by atoms with van der Waals surface area (Å²) < 4.78 is 39.0. The second-order valence-corrected chi connectivity index (χ2v) is 5.26. The standard InChI is InChI=1S/C14H7BrClF3O/c15-13-9(3-4-11(18)14(13)19)12(20)5-7-1-2-8(17)6-10(7)16/h1-4,6H,5H2. The van der Waals surface area contributed by atoms with Gasteiger partial charge in [0, 0.05) is 17.0 Å². The number of halogens is 5. The highest BCUT2D eigenvalue weighted by Crippen LogP contribution is 2.26. The second-order valence-electron chi connectivity index (χ2n) is 4.06. The van der Waals surface area contributed by atoms with Gasteiger partial charge in [-0.15, -0.1) is 0 Å². The molecule has 104 valence electrons. The van der Waals surface area contributed by atoms with Crippen molar-refractivity contribution in [3.63, 3.8) is 0 Å². The normalized spacial score (nSPS) is 10.7. The Morgan fingerprint density at radius 1 is 1.15 bits per heavy atom. The predicted molar refractivity (Wildman–Crippen MR) is 73.5 cm³/mol. The molecule has 6 heteroatoms. The Kier molecular flexibility index (Phi) is 4.50. The van der Waals surface area contributed by atoms with E-state index < -0.39 is 23.2 Å². The van der Waals surface area contributed by atoms with Crippen LogP contribution in [-0.4, -0.2) is 5.78 Å². The van der Waals surface area contributed by atoms with Gasteiger partial charge in [-0.25, -0.2) is 13.2 Å². The summed E-state index contributed by atoms with van der Waals surface area (Å²) in [5.74, 6) is -3.14. The molecule has 0 aliphatic rings. The first-order chi connectivity index (χ1) is 9.40. The van der Waals surface area contributed by atoms with Gasteiger partial charge in [-0.3, -0.25) is 4.79 Å². The van der Waals surface area contributed by atoms with Gasteiger partial charge < -0.3 is 0 Å². The van der Waals surface area contributed by atoms with E-state index >= 15 is 0 Å². The Morgan fingerprint density at radius 2 is 1.85 bits per heavy atom. The zero-order chi connectivity index (χ0) is 14.9. The van der Waals surface area contributed by atoms with E-state index in [0.717, 1.165) is 12.1 Å². The van der Waals surface area contributed by atoms with Crippen molar-refractivity contribution in [3.05, 3.63) is 68.4 Å². The molecule has 0 atom stereocenters. The van der Waals surface area contributed by atoms with Crippen LogP contribution in [0.1, 0.15) is 15.9 Å². The Bertz CT molecular complexity index is 688. The molecule has 0 aliphatic heterocycles. The fraction of sp³-hybridized carbons (Fsp3) is 0.0714. The molecule has 2 aromatic carbocycles. The lowest BCUT2D eigenvalue weighted by atomic mass is 10.0. The largest absolute Gasteiger partial charge is 0.294 e. The molecule has 0 radical (unpaired) electrons. The van der Waals surface area contributed by atoms with Gasteiger partial charge in [0.25, 0.3) is 0 Å². The van der Waals surface area contributed by atoms with E-state index in [1.165, 1.54) is 18.2 Å². The van der Waals surface area contributed by atoms with Gasteiger partial charge in [0.2, 0.25) is 0 Å². The topological polar surface area (TPSA) is 17.1 Å². The Labute approximate surface area is 126 Å². The van der Waals surface area contributed by atoms with Crippen LogP contribution in [0.2, 0.25) is 5.02 Å². The average Bonchev–Trinajstić information content (AvgIpc) is 2.39. The molecular formula is C14H7BrClF3O. The highest BCUT2D eigenvalue weighted by Gasteiger charge is 2.18. The molecule has 0 saturated heterocycles. The van der Waals surface area contributed by atoms with Crippen molar-refractivity contribution in [1.82, 2.24) is 0 Å². The van der Waals surface area contributed by atoms with Crippen LogP contribution in [0.5, 0.6) is 0 Å². The number of carbonyl (C=O) groups excluding carboxylic acids is 1. The molecule has 2 rings (SSSR count). The van der Waals surface area contributed by atoms with Crippen molar-refractivity contribution in [2.24, 2.45) is 0 Å². The minimum absolute atomic E-state index is 0.00397. The first kappa shape index (κ1) is 15.1. The number of hydrogen-bond donors (Lipinski definition) is 0. The molecule has 0 aromatic heterocycles. The summed E-state index contributed by atoms with van der Waals surface area (Å²) >= 11 is 8.67. The summed E-state index contributed by atoms with van der Waals surface area (Å²) in [5.41, 5.74) is 0.416. The molecule has 0 unspecified atom stereocenters. The number of carbonyl (C=O) groups is 1. The Hall–Kier alpha value is -1.33. The predicted octanol–water partition coefficient (Wildman–Crippen LogP) is 4.95. The third-order valence-corrected chi connectivity index (χ3v) is 3.83. The third-order valence-electron chi connectivity index (χ3n) is 2.70. The SMILES string of the molecule is O=C(Cc1ccc(F)cc1Cl)c1ccc(F)c(F)c1Br. The fourth-order valence-corrected chi connectivity index (χ4v) is 2.45. The van der Waals surface area contributed by atoms with Crippen molar-refractivity contribution >= 4 is 33.3 Å². The maximum atomic E-state index is 13.4. The lowest BCUT2D eigenvalue weighted by Gasteiger charge is -2.07. The molecule has 0 spiro atoms. The molecule has 0 bridgehead atoms. The van der Waals surface area contributed by atoms with Crippen molar-refractivity contribution in [2.45, 2.75) is 6.42 Å². The third kappa shape index (κ3) is 3.04. The molecule has 0 saturated carbocycles. The van der Waals surface area contributed by atoms with Crippen molar-refractivity contribution in [3.8, 4) is 0 Å². The minimum Gasteiger partial charge on any atom is -0.294 e. The zero-order valence-electron chi connectivity index (χ0n) is 9.89. The monoisotopic (exact) mass is 362 g/mol. The van der Waals surface area contributed by atoms with Gasteiger partial charge in [-0.05, 0) is 45.8 Å². The molecule has 0 amide bonds. The van der Waals surface area contributed by atoms with Crippen LogP contribution in [-0.2, 0) is 6.42 Å². The lowest BCUT2D eigenvalue weighted by Crippen LogP contribution is -2.07. The van der Waals surface area contributed by atoms with E-state index in [1.807, 2.05) is 0 Å².